The van der Waals surface area contributed by atoms with Crippen LogP contribution in [0.15, 0.2) is 30.5 Å². The molecule has 0 amide bonds. The fraction of sp³-hybridized carbons (Fsp3) is 0.167. The molecule has 0 atom stereocenters. The Morgan fingerprint density at radius 2 is 2.00 bits per heavy atom. The lowest BCUT2D eigenvalue weighted by atomic mass is 10.2. The number of fused-ring (bicyclic) bond motifs is 1. The van der Waals surface area contributed by atoms with E-state index in [0.717, 1.165) is 0 Å². The molecular weight excluding hydrogens is 222 g/mol. The van der Waals surface area contributed by atoms with Crippen molar-refractivity contribution >= 4 is 23.0 Å². The number of rotatable bonds is 1. The summed E-state index contributed by atoms with van der Waals surface area (Å²) in [5.74, 6) is 0.0287. The van der Waals surface area contributed by atoms with Gasteiger partial charge in [0.05, 0.1) is 12.6 Å². The van der Waals surface area contributed by atoms with Crippen LogP contribution in [0.2, 0.25) is 0 Å². The van der Waals surface area contributed by atoms with E-state index in [9.17, 15) is 9.59 Å². The molecule has 0 fully saturated rings. The first kappa shape index (κ1) is 11.2. The topological polar surface area (TPSA) is 57.5 Å². The standard InChI is InChI=1S/C12H11NO4/c1-8(14)17-11-5-3-4-10-9(11)6-7-13(10)12(15)16-2/h3-7H,1-2H3. The molecule has 17 heavy (non-hydrogen) atoms. The van der Waals surface area contributed by atoms with Crippen LogP contribution in [0.3, 0.4) is 0 Å². The second-order valence-electron chi connectivity index (χ2n) is 3.44. The molecule has 1 aromatic carbocycles. The summed E-state index contributed by atoms with van der Waals surface area (Å²) in [6.07, 6.45) is 1.09. The Morgan fingerprint density at radius 3 is 2.65 bits per heavy atom. The van der Waals surface area contributed by atoms with Gasteiger partial charge in [0.15, 0.2) is 0 Å². The van der Waals surface area contributed by atoms with Crippen molar-refractivity contribution in [3.8, 4) is 5.75 Å². The van der Waals surface area contributed by atoms with Crippen LogP contribution in [0.25, 0.3) is 10.9 Å². The molecule has 0 N–H and O–H groups in total. The van der Waals surface area contributed by atoms with E-state index in [1.54, 1.807) is 30.5 Å². The highest BCUT2D eigenvalue weighted by Crippen LogP contribution is 2.26. The van der Waals surface area contributed by atoms with Crippen molar-refractivity contribution in [1.82, 2.24) is 4.57 Å². The summed E-state index contributed by atoms with van der Waals surface area (Å²) in [5, 5.41) is 0.688. The molecule has 0 saturated heterocycles. The fourth-order valence-electron chi connectivity index (χ4n) is 1.64. The van der Waals surface area contributed by atoms with Gasteiger partial charge in [-0.05, 0) is 18.2 Å². The minimum Gasteiger partial charge on any atom is -0.452 e. The first-order valence-electron chi connectivity index (χ1n) is 5.00. The van der Waals surface area contributed by atoms with Crippen LogP contribution in [-0.2, 0) is 9.53 Å². The minimum atomic E-state index is -0.486. The normalized spacial score (nSPS) is 10.2. The SMILES string of the molecule is COC(=O)n1ccc2c(OC(C)=O)cccc21. The van der Waals surface area contributed by atoms with Crippen molar-refractivity contribution in [3.05, 3.63) is 30.5 Å². The Balaban J connectivity index is 2.56. The molecule has 2 rings (SSSR count). The summed E-state index contributed by atoms with van der Waals surface area (Å²) in [6.45, 7) is 1.33. The molecule has 1 heterocycles. The third-order valence-corrected chi connectivity index (χ3v) is 2.32. The van der Waals surface area contributed by atoms with E-state index in [1.807, 2.05) is 0 Å². The number of hydrogen-bond donors (Lipinski definition) is 0. The zero-order chi connectivity index (χ0) is 12.4. The molecule has 1 aromatic heterocycles. The maximum absolute atomic E-state index is 11.5. The van der Waals surface area contributed by atoms with Gasteiger partial charge in [0.25, 0.3) is 0 Å². The molecule has 0 aliphatic carbocycles. The van der Waals surface area contributed by atoms with Crippen molar-refractivity contribution in [2.45, 2.75) is 6.92 Å². The van der Waals surface area contributed by atoms with Crippen LogP contribution < -0.4 is 4.74 Å². The molecule has 5 nitrogen and oxygen atoms in total. The van der Waals surface area contributed by atoms with Crippen LogP contribution in [0.1, 0.15) is 6.92 Å². The number of ether oxygens (including phenoxy) is 2. The van der Waals surface area contributed by atoms with Gasteiger partial charge in [0.1, 0.15) is 5.75 Å². The minimum absolute atomic E-state index is 0.400. The maximum atomic E-state index is 11.5. The van der Waals surface area contributed by atoms with Crippen molar-refractivity contribution in [1.29, 1.82) is 0 Å². The van der Waals surface area contributed by atoms with Crippen LogP contribution in [0, 0.1) is 0 Å². The number of methoxy groups -OCH3 is 1. The zero-order valence-corrected chi connectivity index (χ0v) is 9.47. The molecule has 0 bridgehead atoms. The molecule has 0 spiro atoms. The van der Waals surface area contributed by atoms with E-state index in [1.165, 1.54) is 18.6 Å². The van der Waals surface area contributed by atoms with E-state index in [-0.39, 0.29) is 0 Å². The van der Waals surface area contributed by atoms with Crippen LogP contribution in [-0.4, -0.2) is 23.7 Å². The number of carbonyl (C=O) groups excluding carboxylic acids is 2. The molecule has 0 saturated carbocycles. The van der Waals surface area contributed by atoms with E-state index in [4.69, 9.17) is 4.74 Å². The van der Waals surface area contributed by atoms with Crippen LogP contribution in [0.4, 0.5) is 4.79 Å². The summed E-state index contributed by atoms with van der Waals surface area (Å²) in [4.78, 5) is 22.4. The molecule has 0 aliphatic rings. The molecule has 2 aromatic rings. The molecule has 88 valence electrons. The molecular formula is C12H11NO4. The van der Waals surface area contributed by atoms with Gasteiger partial charge in [-0.15, -0.1) is 0 Å². The van der Waals surface area contributed by atoms with Gasteiger partial charge in [0, 0.05) is 18.5 Å². The number of carbonyl (C=O) groups is 2. The zero-order valence-electron chi connectivity index (χ0n) is 9.47. The van der Waals surface area contributed by atoms with Crippen LogP contribution >= 0.6 is 0 Å². The third-order valence-electron chi connectivity index (χ3n) is 2.32. The number of nitrogens with zero attached hydrogens (tertiary/aromatic N) is 1. The first-order chi connectivity index (χ1) is 8.13. The summed E-state index contributed by atoms with van der Waals surface area (Å²) < 4.78 is 11.0. The molecule has 0 radical (unpaired) electrons. The number of esters is 1. The van der Waals surface area contributed by atoms with Gasteiger partial charge in [-0.1, -0.05) is 6.07 Å². The lowest BCUT2D eigenvalue weighted by Crippen LogP contribution is -2.09. The van der Waals surface area contributed by atoms with Gasteiger partial charge in [0.2, 0.25) is 0 Å². The third kappa shape index (κ3) is 1.99. The summed E-state index contributed by atoms with van der Waals surface area (Å²) in [6, 6.07) is 6.83. The second kappa shape index (κ2) is 4.29. The van der Waals surface area contributed by atoms with Gasteiger partial charge in [-0.2, -0.15) is 0 Å². The van der Waals surface area contributed by atoms with E-state index in [0.29, 0.717) is 16.7 Å². The Labute approximate surface area is 97.5 Å². The summed E-state index contributed by atoms with van der Waals surface area (Å²) in [5.41, 5.74) is 0.635. The van der Waals surface area contributed by atoms with Gasteiger partial charge < -0.3 is 9.47 Å². The van der Waals surface area contributed by atoms with Gasteiger partial charge >= 0.3 is 12.1 Å². The van der Waals surface area contributed by atoms with Crippen molar-refractivity contribution < 1.29 is 19.1 Å². The van der Waals surface area contributed by atoms with Crippen molar-refractivity contribution in [2.24, 2.45) is 0 Å². The molecule has 0 aliphatic heterocycles. The van der Waals surface area contributed by atoms with E-state index >= 15 is 0 Å². The number of aromatic nitrogens is 1. The highest BCUT2D eigenvalue weighted by molar-refractivity contribution is 5.94. The average Bonchev–Trinajstić information content (AvgIpc) is 2.72. The predicted molar refractivity (Wildman–Crippen MR) is 61.1 cm³/mol. The molecule has 5 heteroatoms. The smallest absolute Gasteiger partial charge is 0.418 e. The second-order valence-corrected chi connectivity index (χ2v) is 3.44. The lowest BCUT2D eigenvalue weighted by molar-refractivity contribution is -0.131. The summed E-state index contributed by atoms with van der Waals surface area (Å²) in [7, 11) is 1.31. The van der Waals surface area contributed by atoms with E-state index < -0.39 is 12.1 Å². The quantitative estimate of drug-likeness (QED) is 0.559. The Kier molecular flexibility index (Phi) is 2.82. The number of hydrogen-bond acceptors (Lipinski definition) is 4. The lowest BCUT2D eigenvalue weighted by Gasteiger charge is -2.04. The largest absolute Gasteiger partial charge is 0.452 e. The highest BCUT2D eigenvalue weighted by Gasteiger charge is 2.12. The average molecular weight is 233 g/mol. The van der Waals surface area contributed by atoms with Crippen molar-refractivity contribution in [2.75, 3.05) is 7.11 Å². The van der Waals surface area contributed by atoms with E-state index in [2.05, 4.69) is 4.74 Å². The van der Waals surface area contributed by atoms with Gasteiger partial charge in [-0.3, -0.25) is 9.36 Å². The Hall–Kier alpha value is -2.30. The monoisotopic (exact) mass is 233 g/mol. The predicted octanol–water partition coefficient (Wildman–Crippen LogP) is 2.18. The van der Waals surface area contributed by atoms with Crippen molar-refractivity contribution in [3.63, 3.8) is 0 Å². The summed E-state index contributed by atoms with van der Waals surface area (Å²) >= 11 is 0. The van der Waals surface area contributed by atoms with Gasteiger partial charge in [-0.25, -0.2) is 4.79 Å². The highest BCUT2D eigenvalue weighted by atomic mass is 16.5. The number of benzene rings is 1. The Bertz CT molecular complexity index is 585. The van der Waals surface area contributed by atoms with Crippen LogP contribution in [0.5, 0.6) is 5.75 Å². The Morgan fingerprint density at radius 1 is 1.24 bits per heavy atom. The maximum Gasteiger partial charge on any atom is 0.418 e. The first-order valence-corrected chi connectivity index (χ1v) is 5.00. The fourth-order valence-corrected chi connectivity index (χ4v) is 1.64. The molecule has 0 unspecified atom stereocenters.